The van der Waals surface area contributed by atoms with E-state index in [1.165, 1.54) is 13.1 Å². The number of nitrogens with zero attached hydrogens (tertiary/aromatic N) is 1. The van der Waals surface area contributed by atoms with Gasteiger partial charge in [0.05, 0.1) is 5.69 Å². The zero-order valence-corrected chi connectivity index (χ0v) is 13.7. The molecule has 0 aliphatic heterocycles. The summed E-state index contributed by atoms with van der Waals surface area (Å²) in [6.07, 6.45) is 0. The standard InChI is InChI=1S/C14H14BrFN2O2S/c1-18(9-10-2-4-11(15)5-3-10)21(19,20)14-8-12(16)6-7-13(14)17/h2-8H,9,17H2,1H3. The van der Waals surface area contributed by atoms with Gasteiger partial charge in [-0.2, -0.15) is 4.31 Å². The molecule has 4 nitrogen and oxygen atoms in total. The maximum Gasteiger partial charge on any atom is 0.245 e. The minimum atomic E-state index is -3.84. The summed E-state index contributed by atoms with van der Waals surface area (Å²) in [5.74, 6) is -0.639. The summed E-state index contributed by atoms with van der Waals surface area (Å²) in [5, 5.41) is 0. The van der Waals surface area contributed by atoms with Gasteiger partial charge >= 0.3 is 0 Å². The molecule has 0 aliphatic carbocycles. The molecule has 0 amide bonds. The molecule has 0 radical (unpaired) electrons. The number of benzene rings is 2. The summed E-state index contributed by atoms with van der Waals surface area (Å²) in [4.78, 5) is -0.220. The first-order valence-corrected chi connectivity index (χ1v) is 8.30. The second-order valence-corrected chi connectivity index (χ2v) is 7.50. The maximum atomic E-state index is 13.3. The maximum absolute atomic E-state index is 13.3. The Balaban J connectivity index is 2.30. The lowest BCUT2D eigenvalue weighted by Gasteiger charge is -2.18. The topological polar surface area (TPSA) is 63.4 Å². The average Bonchev–Trinajstić information content (AvgIpc) is 2.43. The van der Waals surface area contributed by atoms with Crippen molar-refractivity contribution in [2.45, 2.75) is 11.4 Å². The van der Waals surface area contributed by atoms with Crippen LogP contribution in [0, 0.1) is 5.82 Å². The Morgan fingerprint density at radius 2 is 1.81 bits per heavy atom. The Kier molecular flexibility index (Phi) is 4.65. The Bertz CT molecular complexity index is 748. The van der Waals surface area contributed by atoms with Crippen LogP contribution in [0.15, 0.2) is 51.8 Å². The van der Waals surface area contributed by atoms with E-state index in [1.54, 1.807) is 0 Å². The summed E-state index contributed by atoms with van der Waals surface area (Å²) in [5.41, 5.74) is 6.49. The fraction of sp³-hybridized carbons (Fsp3) is 0.143. The second kappa shape index (κ2) is 6.13. The number of hydrogen-bond donors (Lipinski definition) is 1. The largest absolute Gasteiger partial charge is 0.398 e. The van der Waals surface area contributed by atoms with Crippen LogP contribution in [0.3, 0.4) is 0 Å². The van der Waals surface area contributed by atoms with Crippen molar-refractivity contribution in [3.05, 3.63) is 58.3 Å². The smallest absolute Gasteiger partial charge is 0.245 e. The number of nitrogen functional groups attached to an aromatic ring is 1. The minimum absolute atomic E-state index is 0.0269. The van der Waals surface area contributed by atoms with Gasteiger partial charge in [0.2, 0.25) is 10.0 Å². The molecule has 2 aromatic carbocycles. The highest BCUT2D eigenvalue weighted by atomic mass is 79.9. The monoisotopic (exact) mass is 372 g/mol. The third-order valence-corrected chi connectivity index (χ3v) is 5.37. The van der Waals surface area contributed by atoms with E-state index >= 15 is 0 Å². The fourth-order valence-electron chi connectivity index (χ4n) is 1.83. The van der Waals surface area contributed by atoms with E-state index in [0.29, 0.717) is 0 Å². The number of hydrogen-bond acceptors (Lipinski definition) is 3. The molecule has 0 saturated carbocycles. The molecule has 0 unspecified atom stereocenters. The molecule has 0 fully saturated rings. The Hall–Kier alpha value is -1.44. The lowest BCUT2D eigenvalue weighted by atomic mass is 10.2. The van der Waals surface area contributed by atoms with E-state index in [2.05, 4.69) is 15.9 Å². The minimum Gasteiger partial charge on any atom is -0.398 e. The molecule has 2 N–H and O–H groups in total. The molecular weight excluding hydrogens is 359 g/mol. The van der Waals surface area contributed by atoms with E-state index in [0.717, 1.165) is 26.5 Å². The highest BCUT2D eigenvalue weighted by Gasteiger charge is 2.24. The summed E-state index contributed by atoms with van der Waals surface area (Å²) in [6.45, 7) is 0.172. The van der Waals surface area contributed by atoms with Crippen molar-refractivity contribution in [3.8, 4) is 0 Å². The van der Waals surface area contributed by atoms with Crippen molar-refractivity contribution in [1.29, 1.82) is 0 Å². The van der Waals surface area contributed by atoms with Crippen molar-refractivity contribution >= 4 is 31.6 Å². The van der Waals surface area contributed by atoms with Gasteiger partial charge in [-0.25, -0.2) is 12.8 Å². The van der Waals surface area contributed by atoms with E-state index in [9.17, 15) is 12.8 Å². The highest BCUT2D eigenvalue weighted by molar-refractivity contribution is 9.10. The van der Waals surface area contributed by atoms with Gasteiger partial charge < -0.3 is 5.73 Å². The van der Waals surface area contributed by atoms with Gasteiger partial charge in [0.25, 0.3) is 0 Å². The van der Waals surface area contributed by atoms with Crippen LogP contribution in [-0.2, 0) is 16.6 Å². The van der Waals surface area contributed by atoms with Crippen LogP contribution >= 0.6 is 15.9 Å². The van der Waals surface area contributed by atoms with E-state index in [4.69, 9.17) is 5.73 Å². The third kappa shape index (κ3) is 3.61. The molecule has 0 heterocycles. The number of sulfonamides is 1. The van der Waals surface area contributed by atoms with Crippen LogP contribution in [0.1, 0.15) is 5.56 Å². The zero-order chi connectivity index (χ0) is 15.6. The molecule has 0 bridgehead atoms. The SMILES string of the molecule is CN(Cc1ccc(Br)cc1)S(=O)(=O)c1cc(F)ccc1N. The molecule has 0 spiro atoms. The summed E-state index contributed by atoms with van der Waals surface area (Å²) < 4.78 is 40.2. The van der Waals surface area contributed by atoms with Crippen molar-refractivity contribution in [2.75, 3.05) is 12.8 Å². The van der Waals surface area contributed by atoms with Gasteiger partial charge in [-0.3, -0.25) is 0 Å². The number of anilines is 1. The molecular formula is C14H14BrFN2O2S. The lowest BCUT2D eigenvalue weighted by molar-refractivity contribution is 0.466. The van der Waals surface area contributed by atoms with E-state index in [1.807, 2.05) is 24.3 Å². The molecule has 0 aliphatic rings. The van der Waals surface area contributed by atoms with Crippen LogP contribution in [0.2, 0.25) is 0 Å². The first kappa shape index (κ1) is 15.9. The number of nitrogens with two attached hydrogens (primary N) is 1. The van der Waals surface area contributed by atoms with Crippen LogP contribution in [0.25, 0.3) is 0 Å². The highest BCUT2D eigenvalue weighted by Crippen LogP contribution is 2.24. The van der Waals surface area contributed by atoms with Gasteiger partial charge in [0, 0.05) is 18.1 Å². The van der Waals surface area contributed by atoms with Gasteiger partial charge in [-0.1, -0.05) is 28.1 Å². The van der Waals surface area contributed by atoms with E-state index < -0.39 is 15.8 Å². The first-order chi connectivity index (χ1) is 9.80. The zero-order valence-electron chi connectivity index (χ0n) is 11.3. The van der Waals surface area contributed by atoms with Gasteiger partial charge in [-0.15, -0.1) is 0 Å². The fourth-order valence-corrected chi connectivity index (χ4v) is 3.38. The van der Waals surface area contributed by atoms with Gasteiger partial charge in [-0.05, 0) is 35.9 Å². The van der Waals surface area contributed by atoms with Crippen LogP contribution < -0.4 is 5.73 Å². The molecule has 2 aromatic rings. The normalized spacial score (nSPS) is 11.8. The van der Waals surface area contributed by atoms with Crippen molar-refractivity contribution in [1.82, 2.24) is 4.31 Å². The molecule has 0 saturated heterocycles. The second-order valence-electron chi connectivity index (χ2n) is 4.57. The predicted octanol–water partition coefficient (Wildman–Crippen LogP) is 2.99. The molecule has 7 heteroatoms. The van der Waals surface area contributed by atoms with Crippen molar-refractivity contribution < 1.29 is 12.8 Å². The van der Waals surface area contributed by atoms with E-state index in [-0.39, 0.29) is 17.1 Å². The Labute approximate surface area is 131 Å². The van der Waals surface area contributed by atoms with Gasteiger partial charge in [0.15, 0.2) is 0 Å². The molecule has 0 atom stereocenters. The average molecular weight is 373 g/mol. The van der Waals surface area contributed by atoms with Gasteiger partial charge in [0.1, 0.15) is 10.7 Å². The van der Waals surface area contributed by atoms with Crippen LogP contribution in [-0.4, -0.2) is 19.8 Å². The lowest BCUT2D eigenvalue weighted by Crippen LogP contribution is -2.27. The molecule has 0 aromatic heterocycles. The molecule has 2 rings (SSSR count). The van der Waals surface area contributed by atoms with Crippen LogP contribution in [0.5, 0.6) is 0 Å². The van der Waals surface area contributed by atoms with Crippen molar-refractivity contribution in [3.63, 3.8) is 0 Å². The predicted molar refractivity (Wildman–Crippen MR) is 83.6 cm³/mol. The number of halogens is 2. The van der Waals surface area contributed by atoms with Crippen LogP contribution in [0.4, 0.5) is 10.1 Å². The third-order valence-electron chi connectivity index (χ3n) is 2.98. The van der Waals surface area contributed by atoms with Crippen molar-refractivity contribution in [2.24, 2.45) is 0 Å². The number of rotatable bonds is 4. The quantitative estimate of drug-likeness (QED) is 0.839. The summed E-state index contributed by atoms with van der Waals surface area (Å²) in [7, 11) is -2.41. The first-order valence-electron chi connectivity index (χ1n) is 6.06. The molecule has 21 heavy (non-hydrogen) atoms. The summed E-state index contributed by atoms with van der Waals surface area (Å²) >= 11 is 3.32. The Morgan fingerprint density at radius 3 is 2.43 bits per heavy atom. The molecule has 112 valence electrons. The Morgan fingerprint density at radius 1 is 1.19 bits per heavy atom. The summed E-state index contributed by atoms with van der Waals surface area (Å²) in [6, 6.07) is 10.6.